The van der Waals surface area contributed by atoms with Gasteiger partial charge < -0.3 is 9.88 Å². The monoisotopic (exact) mass is 194 g/mol. The Kier molecular flexibility index (Phi) is 3.14. The van der Waals surface area contributed by atoms with Crippen molar-refractivity contribution in [2.24, 2.45) is 0 Å². The molecule has 4 heteroatoms. The summed E-state index contributed by atoms with van der Waals surface area (Å²) in [5.41, 5.74) is 0. The molecule has 4 nitrogen and oxygen atoms in total. The lowest BCUT2D eigenvalue weighted by Crippen LogP contribution is -2.18. The second kappa shape index (κ2) is 4.55. The first-order chi connectivity index (χ1) is 6.92. The van der Waals surface area contributed by atoms with Gasteiger partial charge in [0.05, 0.1) is 6.04 Å². The molecule has 1 N–H and O–H groups in total. The van der Waals surface area contributed by atoms with Gasteiger partial charge >= 0.3 is 0 Å². The Bertz CT molecular complexity index is 275. The largest absolute Gasteiger partial charge is 0.316 e. The van der Waals surface area contributed by atoms with E-state index in [9.17, 15) is 0 Å². The predicted molar refractivity (Wildman–Crippen MR) is 54.9 cm³/mol. The highest BCUT2D eigenvalue weighted by atomic mass is 15.3. The van der Waals surface area contributed by atoms with Crippen LogP contribution in [0.1, 0.15) is 44.5 Å². The fourth-order valence-corrected chi connectivity index (χ4v) is 1.94. The second-order valence-corrected chi connectivity index (χ2v) is 3.89. The van der Waals surface area contributed by atoms with Crippen LogP contribution >= 0.6 is 0 Å². The van der Waals surface area contributed by atoms with Crippen molar-refractivity contribution in [3.05, 3.63) is 12.2 Å². The van der Waals surface area contributed by atoms with E-state index in [0.29, 0.717) is 6.04 Å². The van der Waals surface area contributed by atoms with E-state index in [4.69, 9.17) is 0 Å². The van der Waals surface area contributed by atoms with E-state index in [1.807, 2.05) is 6.33 Å². The summed E-state index contributed by atoms with van der Waals surface area (Å²) in [6.07, 6.45) is 6.73. The van der Waals surface area contributed by atoms with E-state index in [2.05, 4.69) is 27.0 Å². The van der Waals surface area contributed by atoms with Gasteiger partial charge in [-0.15, -0.1) is 10.2 Å². The van der Waals surface area contributed by atoms with Gasteiger partial charge in [0, 0.05) is 6.54 Å². The van der Waals surface area contributed by atoms with E-state index in [1.54, 1.807) is 0 Å². The van der Waals surface area contributed by atoms with Crippen molar-refractivity contribution >= 4 is 0 Å². The highest BCUT2D eigenvalue weighted by Crippen LogP contribution is 2.20. The van der Waals surface area contributed by atoms with Crippen LogP contribution in [0.15, 0.2) is 6.33 Å². The van der Waals surface area contributed by atoms with Crippen molar-refractivity contribution in [2.45, 2.75) is 45.2 Å². The van der Waals surface area contributed by atoms with Gasteiger partial charge in [0.2, 0.25) is 0 Å². The molecule has 2 heterocycles. The Hall–Kier alpha value is -0.900. The number of hydrogen-bond acceptors (Lipinski definition) is 3. The molecule has 1 unspecified atom stereocenters. The Morgan fingerprint density at radius 3 is 3.29 bits per heavy atom. The lowest BCUT2D eigenvalue weighted by molar-refractivity contribution is 0.530. The second-order valence-electron chi connectivity index (χ2n) is 3.89. The average Bonchev–Trinajstić information content (AvgIpc) is 2.84. The van der Waals surface area contributed by atoms with Crippen molar-refractivity contribution in [2.75, 3.05) is 6.54 Å². The van der Waals surface area contributed by atoms with Crippen LogP contribution in [-0.4, -0.2) is 21.3 Å². The van der Waals surface area contributed by atoms with E-state index < -0.39 is 0 Å². The molecule has 1 aromatic rings. The van der Waals surface area contributed by atoms with Gasteiger partial charge in [-0.1, -0.05) is 13.3 Å². The summed E-state index contributed by atoms with van der Waals surface area (Å²) in [6, 6.07) is 0.439. The maximum Gasteiger partial charge on any atom is 0.149 e. The molecule has 1 fully saturated rings. The minimum Gasteiger partial charge on any atom is -0.316 e. The summed E-state index contributed by atoms with van der Waals surface area (Å²) < 4.78 is 2.19. The molecule has 1 atom stereocenters. The molecule has 0 saturated carbocycles. The van der Waals surface area contributed by atoms with Crippen LogP contribution in [0.2, 0.25) is 0 Å². The van der Waals surface area contributed by atoms with Crippen molar-refractivity contribution in [1.29, 1.82) is 0 Å². The first-order valence-electron chi connectivity index (χ1n) is 5.53. The van der Waals surface area contributed by atoms with E-state index >= 15 is 0 Å². The third-order valence-electron chi connectivity index (χ3n) is 2.77. The van der Waals surface area contributed by atoms with Crippen molar-refractivity contribution in [3.8, 4) is 0 Å². The molecule has 1 aliphatic heterocycles. The van der Waals surface area contributed by atoms with Crippen molar-refractivity contribution in [3.63, 3.8) is 0 Å². The quantitative estimate of drug-likeness (QED) is 0.790. The van der Waals surface area contributed by atoms with E-state index in [1.165, 1.54) is 25.7 Å². The third-order valence-corrected chi connectivity index (χ3v) is 2.77. The van der Waals surface area contributed by atoms with Crippen LogP contribution in [0.5, 0.6) is 0 Å². The van der Waals surface area contributed by atoms with Gasteiger partial charge in [-0.3, -0.25) is 0 Å². The minimum atomic E-state index is 0.439. The molecule has 0 bridgehead atoms. The smallest absolute Gasteiger partial charge is 0.149 e. The average molecular weight is 194 g/mol. The molecule has 1 aromatic heterocycles. The minimum absolute atomic E-state index is 0.439. The van der Waals surface area contributed by atoms with Gasteiger partial charge in [-0.2, -0.15) is 0 Å². The normalized spacial score (nSPS) is 21.6. The van der Waals surface area contributed by atoms with Gasteiger partial charge in [0.25, 0.3) is 0 Å². The van der Waals surface area contributed by atoms with Crippen LogP contribution in [0, 0.1) is 0 Å². The molecule has 14 heavy (non-hydrogen) atoms. The van der Waals surface area contributed by atoms with E-state index in [-0.39, 0.29) is 0 Å². The zero-order valence-corrected chi connectivity index (χ0v) is 8.74. The predicted octanol–water partition coefficient (Wildman–Crippen LogP) is 1.50. The zero-order valence-electron chi connectivity index (χ0n) is 8.74. The number of hydrogen-bond donors (Lipinski definition) is 1. The maximum atomic E-state index is 4.20. The molecule has 78 valence electrons. The van der Waals surface area contributed by atoms with E-state index in [0.717, 1.165) is 18.9 Å². The Morgan fingerprint density at radius 1 is 1.64 bits per heavy atom. The number of nitrogens with zero attached hydrogens (tertiary/aromatic N) is 3. The van der Waals surface area contributed by atoms with Crippen LogP contribution < -0.4 is 5.32 Å². The lowest BCUT2D eigenvalue weighted by Gasteiger charge is -2.11. The van der Waals surface area contributed by atoms with Crippen molar-refractivity contribution in [1.82, 2.24) is 20.1 Å². The van der Waals surface area contributed by atoms with Gasteiger partial charge in [-0.25, -0.2) is 0 Å². The highest BCUT2D eigenvalue weighted by Gasteiger charge is 2.20. The number of unbranched alkanes of at least 4 members (excludes halogenated alkanes) is 1. The fraction of sp³-hybridized carbons (Fsp3) is 0.800. The van der Waals surface area contributed by atoms with Crippen molar-refractivity contribution < 1.29 is 0 Å². The van der Waals surface area contributed by atoms with Crippen LogP contribution in [0.25, 0.3) is 0 Å². The standard InChI is InChI=1S/C10H18N4/c1-2-3-7-14-8-12-13-10(14)9-5-4-6-11-9/h8-9,11H,2-7H2,1H3. The third kappa shape index (κ3) is 1.95. The molecule has 0 radical (unpaired) electrons. The summed E-state index contributed by atoms with van der Waals surface area (Å²) >= 11 is 0. The zero-order chi connectivity index (χ0) is 9.80. The lowest BCUT2D eigenvalue weighted by atomic mass is 10.2. The summed E-state index contributed by atoms with van der Waals surface area (Å²) in [5, 5.41) is 11.6. The first kappa shape index (κ1) is 9.65. The molecular formula is C10H18N4. The fourth-order valence-electron chi connectivity index (χ4n) is 1.94. The van der Waals surface area contributed by atoms with Crippen LogP contribution in [0.4, 0.5) is 0 Å². The molecule has 2 rings (SSSR count). The topological polar surface area (TPSA) is 42.7 Å². The van der Waals surface area contributed by atoms with Gasteiger partial charge in [-0.05, 0) is 25.8 Å². The van der Waals surface area contributed by atoms with Gasteiger partial charge in [0.15, 0.2) is 0 Å². The molecule has 0 spiro atoms. The van der Waals surface area contributed by atoms with Crippen LogP contribution in [0.3, 0.4) is 0 Å². The first-order valence-corrected chi connectivity index (χ1v) is 5.53. The summed E-state index contributed by atoms with van der Waals surface area (Å²) in [4.78, 5) is 0. The highest BCUT2D eigenvalue weighted by molar-refractivity contribution is 4.97. The Balaban J connectivity index is 2.04. The summed E-state index contributed by atoms with van der Waals surface area (Å²) in [6.45, 7) is 4.38. The number of aromatic nitrogens is 3. The molecule has 1 aliphatic rings. The Labute approximate surface area is 84.7 Å². The molecule has 1 saturated heterocycles. The molecule has 0 aromatic carbocycles. The molecule has 0 aliphatic carbocycles. The number of rotatable bonds is 4. The SMILES string of the molecule is CCCCn1cnnc1C1CCCN1. The molecular weight excluding hydrogens is 176 g/mol. The Morgan fingerprint density at radius 2 is 2.57 bits per heavy atom. The van der Waals surface area contributed by atoms with Crippen LogP contribution in [-0.2, 0) is 6.54 Å². The summed E-state index contributed by atoms with van der Waals surface area (Å²) in [5.74, 6) is 1.12. The maximum absolute atomic E-state index is 4.20. The summed E-state index contributed by atoms with van der Waals surface area (Å²) in [7, 11) is 0. The van der Waals surface area contributed by atoms with Gasteiger partial charge in [0.1, 0.15) is 12.2 Å². The number of nitrogens with one attached hydrogen (secondary N) is 1. The molecule has 0 amide bonds. The number of aryl methyl sites for hydroxylation is 1.